The van der Waals surface area contributed by atoms with E-state index in [9.17, 15) is 18.0 Å². The molecule has 1 N–H and O–H groups in total. The molecule has 1 fully saturated rings. The molecule has 8 nitrogen and oxygen atoms in total. The molecule has 2 aromatic carbocycles. The summed E-state index contributed by atoms with van der Waals surface area (Å²) in [7, 11) is -1.51. The number of methoxy groups -OCH3 is 1. The van der Waals surface area contributed by atoms with E-state index in [2.05, 4.69) is 10.3 Å². The van der Waals surface area contributed by atoms with Crippen molar-refractivity contribution >= 4 is 26.6 Å². The number of nitrogens with one attached hydrogen (secondary N) is 1. The Morgan fingerprint density at radius 1 is 1.21 bits per heavy atom. The molecule has 0 aliphatic carbocycles. The van der Waals surface area contributed by atoms with E-state index in [-0.39, 0.29) is 29.0 Å². The molecule has 150 valence electrons. The summed E-state index contributed by atoms with van der Waals surface area (Å²) in [5.41, 5.74) is 1.12. The second kappa shape index (κ2) is 7.32. The van der Waals surface area contributed by atoms with Crippen molar-refractivity contribution in [3.63, 3.8) is 0 Å². The van der Waals surface area contributed by atoms with Gasteiger partial charge in [0.05, 0.1) is 35.2 Å². The zero-order valence-corrected chi connectivity index (χ0v) is 16.5. The van der Waals surface area contributed by atoms with Crippen molar-refractivity contribution in [3.05, 3.63) is 64.7 Å². The average molecular weight is 413 g/mol. The van der Waals surface area contributed by atoms with Crippen molar-refractivity contribution in [2.75, 3.05) is 18.6 Å². The number of carbonyl (C=O) groups is 1. The van der Waals surface area contributed by atoms with Crippen LogP contribution in [0, 0.1) is 0 Å². The van der Waals surface area contributed by atoms with Crippen LogP contribution in [0.4, 0.5) is 0 Å². The zero-order chi connectivity index (χ0) is 20.6. The minimum atomic E-state index is -3.08. The van der Waals surface area contributed by atoms with E-state index in [0.29, 0.717) is 34.3 Å². The number of benzene rings is 2. The second-order valence-corrected chi connectivity index (χ2v) is 9.15. The molecule has 1 aliphatic rings. The van der Waals surface area contributed by atoms with Crippen LogP contribution in [0.5, 0.6) is 5.75 Å². The Balaban J connectivity index is 1.61. The monoisotopic (exact) mass is 413 g/mol. The first-order valence-electron chi connectivity index (χ1n) is 9.03. The lowest BCUT2D eigenvalue weighted by molar-refractivity contribution is 0.0941. The lowest BCUT2D eigenvalue weighted by Gasteiger charge is -2.11. The number of sulfone groups is 1. The maximum absolute atomic E-state index is 12.8. The highest BCUT2D eigenvalue weighted by atomic mass is 32.2. The molecule has 1 amide bonds. The topological polar surface area (TPSA) is 107 Å². The third-order valence-corrected chi connectivity index (χ3v) is 6.71. The maximum Gasteiger partial charge on any atom is 0.265 e. The van der Waals surface area contributed by atoms with E-state index in [1.54, 1.807) is 43.5 Å². The lowest BCUT2D eigenvalue weighted by Crippen LogP contribution is -2.35. The summed E-state index contributed by atoms with van der Waals surface area (Å²) in [5.74, 6) is 0.343. The number of hydrogen-bond acceptors (Lipinski definition) is 6. The Hall–Kier alpha value is -3.20. The molecule has 3 aromatic rings. The molecular formula is C20H19N3O5S. The van der Waals surface area contributed by atoms with Crippen LogP contribution < -0.4 is 15.6 Å². The summed E-state index contributed by atoms with van der Waals surface area (Å²) in [5, 5.41) is 3.12. The van der Waals surface area contributed by atoms with Crippen molar-refractivity contribution in [3.8, 4) is 11.4 Å². The number of nitrogens with zero attached hydrogens (tertiary/aromatic N) is 2. The Labute approximate surface area is 167 Å². The summed E-state index contributed by atoms with van der Waals surface area (Å²) >= 11 is 0. The van der Waals surface area contributed by atoms with E-state index in [1.807, 2.05) is 0 Å². The molecule has 1 atom stereocenters. The Kier molecular flexibility index (Phi) is 4.83. The SMILES string of the molecule is COc1ccc(-n2cnc3cc(C(=O)NC4CCS(=O)(=O)C4)ccc3c2=O)cc1. The third-order valence-electron chi connectivity index (χ3n) is 4.94. The fourth-order valence-electron chi connectivity index (χ4n) is 3.37. The van der Waals surface area contributed by atoms with Crippen molar-refractivity contribution in [2.24, 2.45) is 0 Å². The molecule has 1 aromatic heterocycles. The first-order valence-corrected chi connectivity index (χ1v) is 10.9. The highest BCUT2D eigenvalue weighted by molar-refractivity contribution is 7.91. The van der Waals surface area contributed by atoms with Gasteiger partial charge in [-0.15, -0.1) is 0 Å². The van der Waals surface area contributed by atoms with Crippen molar-refractivity contribution in [1.82, 2.24) is 14.9 Å². The van der Waals surface area contributed by atoms with E-state index in [1.165, 1.54) is 17.0 Å². The predicted octanol–water partition coefficient (Wildman–Crippen LogP) is 1.31. The Bertz CT molecular complexity index is 1250. The first-order chi connectivity index (χ1) is 13.9. The van der Waals surface area contributed by atoms with Gasteiger partial charge in [0.2, 0.25) is 0 Å². The molecule has 1 aliphatic heterocycles. The molecule has 29 heavy (non-hydrogen) atoms. The van der Waals surface area contributed by atoms with Crippen LogP contribution >= 0.6 is 0 Å². The zero-order valence-electron chi connectivity index (χ0n) is 15.7. The fourth-order valence-corrected chi connectivity index (χ4v) is 5.04. The molecule has 1 saturated heterocycles. The molecule has 2 heterocycles. The minimum Gasteiger partial charge on any atom is -0.497 e. The van der Waals surface area contributed by atoms with Crippen LogP contribution in [-0.2, 0) is 9.84 Å². The Morgan fingerprint density at radius 2 is 1.97 bits per heavy atom. The van der Waals surface area contributed by atoms with Gasteiger partial charge in [-0.2, -0.15) is 0 Å². The van der Waals surface area contributed by atoms with Gasteiger partial charge in [-0.25, -0.2) is 13.4 Å². The molecule has 4 rings (SSSR count). The van der Waals surface area contributed by atoms with Gasteiger partial charge in [-0.1, -0.05) is 0 Å². The fraction of sp³-hybridized carbons (Fsp3) is 0.250. The molecule has 0 spiro atoms. The van der Waals surface area contributed by atoms with Crippen LogP contribution in [0.3, 0.4) is 0 Å². The van der Waals surface area contributed by atoms with Gasteiger partial charge in [0.25, 0.3) is 11.5 Å². The molecule has 0 radical (unpaired) electrons. The van der Waals surface area contributed by atoms with Gasteiger partial charge in [0.15, 0.2) is 9.84 Å². The predicted molar refractivity (Wildman–Crippen MR) is 108 cm³/mol. The van der Waals surface area contributed by atoms with Gasteiger partial charge in [0, 0.05) is 11.6 Å². The normalized spacial score (nSPS) is 17.9. The van der Waals surface area contributed by atoms with E-state index in [4.69, 9.17) is 4.74 Å². The summed E-state index contributed by atoms with van der Waals surface area (Å²) in [4.78, 5) is 29.6. The van der Waals surface area contributed by atoms with Crippen LogP contribution in [0.25, 0.3) is 16.6 Å². The molecule has 1 unspecified atom stereocenters. The van der Waals surface area contributed by atoms with Gasteiger partial charge in [-0.3, -0.25) is 14.2 Å². The quantitative estimate of drug-likeness (QED) is 0.691. The second-order valence-electron chi connectivity index (χ2n) is 6.92. The number of fused-ring (bicyclic) bond motifs is 1. The summed E-state index contributed by atoms with van der Waals surface area (Å²) in [6, 6.07) is 11.3. The number of ether oxygens (including phenoxy) is 1. The van der Waals surface area contributed by atoms with Crippen molar-refractivity contribution < 1.29 is 17.9 Å². The molecule has 0 bridgehead atoms. The van der Waals surface area contributed by atoms with Gasteiger partial charge < -0.3 is 10.1 Å². The largest absolute Gasteiger partial charge is 0.497 e. The summed E-state index contributed by atoms with van der Waals surface area (Å²) in [6.07, 6.45) is 1.82. The minimum absolute atomic E-state index is 0.0445. The smallest absolute Gasteiger partial charge is 0.265 e. The van der Waals surface area contributed by atoms with Crippen molar-refractivity contribution in [2.45, 2.75) is 12.5 Å². The van der Waals surface area contributed by atoms with Crippen LogP contribution in [0.2, 0.25) is 0 Å². The summed E-state index contributed by atoms with van der Waals surface area (Å²) in [6.45, 7) is 0. The van der Waals surface area contributed by atoms with Crippen LogP contribution in [-0.4, -0.2) is 48.5 Å². The highest BCUT2D eigenvalue weighted by Crippen LogP contribution is 2.16. The van der Waals surface area contributed by atoms with Gasteiger partial charge in [-0.05, 0) is 48.9 Å². The standard InChI is InChI=1S/C20H19N3O5S/c1-28-16-5-3-15(4-6-16)23-12-21-18-10-13(2-7-17(18)20(23)25)19(24)22-14-8-9-29(26,27)11-14/h2-7,10,12,14H,8-9,11H2,1H3,(H,22,24). The number of aromatic nitrogens is 2. The average Bonchev–Trinajstić information content (AvgIpc) is 3.06. The lowest BCUT2D eigenvalue weighted by atomic mass is 10.1. The van der Waals surface area contributed by atoms with Crippen LogP contribution in [0.15, 0.2) is 53.6 Å². The first kappa shape index (κ1) is 19.1. The van der Waals surface area contributed by atoms with Crippen molar-refractivity contribution in [1.29, 1.82) is 0 Å². The molecular weight excluding hydrogens is 394 g/mol. The van der Waals surface area contributed by atoms with E-state index in [0.717, 1.165) is 0 Å². The van der Waals surface area contributed by atoms with Gasteiger partial charge in [0.1, 0.15) is 12.1 Å². The Morgan fingerprint density at radius 3 is 2.62 bits per heavy atom. The number of carbonyl (C=O) groups excluding carboxylic acids is 1. The van der Waals surface area contributed by atoms with E-state index < -0.39 is 9.84 Å². The van der Waals surface area contributed by atoms with Gasteiger partial charge >= 0.3 is 0 Å². The number of hydrogen-bond donors (Lipinski definition) is 1. The maximum atomic E-state index is 12.8. The van der Waals surface area contributed by atoms with E-state index >= 15 is 0 Å². The molecule has 0 saturated carbocycles. The highest BCUT2D eigenvalue weighted by Gasteiger charge is 2.29. The number of amides is 1. The summed E-state index contributed by atoms with van der Waals surface area (Å²) < 4.78 is 29.6. The third kappa shape index (κ3) is 3.86. The number of rotatable bonds is 4. The van der Waals surface area contributed by atoms with Crippen LogP contribution in [0.1, 0.15) is 16.8 Å². The molecule has 9 heteroatoms.